The van der Waals surface area contributed by atoms with Crippen LogP contribution in [0.1, 0.15) is 0 Å². The Morgan fingerprint density at radius 2 is 1.48 bits per heavy atom. The minimum absolute atomic E-state index is 0.955. The fourth-order valence-corrected chi connectivity index (χ4v) is 2.53. The average molecular weight is 389 g/mol. The molecule has 2 aromatic rings. The predicted octanol–water partition coefficient (Wildman–Crippen LogP) is -2.54. The lowest BCUT2D eigenvalue weighted by molar-refractivity contribution is -2.00. The van der Waals surface area contributed by atoms with Crippen LogP contribution in [0.25, 0.3) is 5.69 Å². The van der Waals surface area contributed by atoms with Gasteiger partial charge in [0.1, 0.15) is 0 Å². The number of aromatic nitrogens is 2. The molecule has 0 aliphatic carbocycles. The van der Waals surface area contributed by atoms with E-state index >= 15 is 0 Å². The number of hydrogen-bond acceptors (Lipinski definition) is 8. The molecule has 0 bridgehead atoms. The number of rotatable bonds is 4. The second kappa shape index (κ2) is 9.18. The third kappa shape index (κ3) is 7.02. The van der Waals surface area contributed by atoms with Crippen LogP contribution in [0, 0.1) is 10.2 Å². The van der Waals surface area contributed by atoms with Crippen molar-refractivity contribution in [1.29, 1.82) is 0 Å². The van der Waals surface area contributed by atoms with Gasteiger partial charge in [-0.15, -0.1) is 10.2 Å². The summed E-state index contributed by atoms with van der Waals surface area (Å²) in [5.74, 6) is 0.955. The Bertz CT molecular complexity index is 675. The van der Waals surface area contributed by atoms with Crippen molar-refractivity contribution in [2.75, 3.05) is 44.2 Å². The molecule has 0 fully saturated rings. The van der Waals surface area contributed by atoms with Crippen molar-refractivity contribution < 1.29 is 33.6 Å². The Kier molecular flexibility index (Phi) is 7.87. The Labute approximate surface area is 153 Å². The molecule has 0 N–H and O–H groups in total. The lowest BCUT2D eigenvalue weighted by Crippen LogP contribution is -2.68. The molecule has 0 atom stereocenters. The van der Waals surface area contributed by atoms with E-state index in [1.165, 1.54) is 0 Å². The zero-order chi connectivity index (χ0) is 19.2. The van der Waals surface area contributed by atoms with Crippen molar-refractivity contribution in [3.8, 4) is 5.69 Å². The molecule has 2 rings (SSSR count). The van der Waals surface area contributed by atoms with Crippen LogP contribution in [0.2, 0.25) is 0 Å². The van der Waals surface area contributed by atoms with Gasteiger partial charge in [-0.05, 0) is 10.9 Å². The van der Waals surface area contributed by atoms with Gasteiger partial charge in [0.05, 0.1) is 5.69 Å². The highest BCUT2D eigenvalue weighted by molar-refractivity contribution is 7.98. The minimum atomic E-state index is -4.94. The molecule has 0 saturated heterocycles. The van der Waals surface area contributed by atoms with E-state index < -0.39 is 10.2 Å². The van der Waals surface area contributed by atoms with Crippen molar-refractivity contribution in [2.45, 2.75) is 5.03 Å². The first-order valence-corrected chi connectivity index (χ1v) is 9.53. The number of thioether (sulfide) groups is 1. The maximum absolute atomic E-state index is 8.49. The summed E-state index contributed by atoms with van der Waals surface area (Å²) < 4.78 is 36.0. The quantitative estimate of drug-likeness (QED) is 0.415. The number of nitrogens with zero attached hydrogens (tertiary/aromatic N) is 4. The zero-order valence-corrected chi connectivity index (χ0v) is 16.2. The van der Waals surface area contributed by atoms with Crippen LogP contribution in [0.3, 0.4) is 0 Å². The summed E-state index contributed by atoms with van der Waals surface area (Å²) in [4.78, 5) is 4.14. The van der Waals surface area contributed by atoms with Crippen LogP contribution in [0.5, 0.6) is 0 Å². The van der Waals surface area contributed by atoms with Crippen LogP contribution < -0.4 is 33.1 Å². The Morgan fingerprint density at radius 3 is 1.88 bits per heavy atom. The van der Waals surface area contributed by atoms with E-state index in [-0.39, 0.29) is 0 Å². The molecule has 1 aromatic heterocycles. The molecule has 0 saturated carbocycles. The molecule has 0 unspecified atom stereocenters. The monoisotopic (exact) mass is 388 g/mol. The van der Waals surface area contributed by atoms with E-state index in [1.54, 1.807) is 11.8 Å². The van der Waals surface area contributed by atoms with Gasteiger partial charge in [-0.1, -0.05) is 30.0 Å². The molecule has 25 heavy (non-hydrogen) atoms. The summed E-state index contributed by atoms with van der Waals surface area (Å²) in [5.41, 5.74) is 2.19. The van der Waals surface area contributed by atoms with Crippen molar-refractivity contribution in [2.24, 2.45) is 0 Å². The highest BCUT2D eigenvalue weighted by Gasteiger charge is 2.22. The summed E-state index contributed by atoms with van der Waals surface area (Å²) in [6.45, 7) is 0. The first-order valence-electron chi connectivity index (χ1n) is 7.07. The normalized spacial score (nSPS) is 10.8. The minimum Gasteiger partial charge on any atom is -0.374 e. The van der Waals surface area contributed by atoms with Crippen molar-refractivity contribution in [3.63, 3.8) is 0 Å². The van der Waals surface area contributed by atoms with Gasteiger partial charge in [0.2, 0.25) is 11.5 Å². The molecule has 0 spiro atoms. The summed E-state index contributed by atoms with van der Waals surface area (Å²) in [7, 11) is 3.18. The molecule has 138 valence electrons. The van der Waals surface area contributed by atoms with Crippen LogP contribution in [-0.2, 0) is 0 Å². The van der Waals surface area contributed by atoms with E-state index in [2.05, 4.69) is 29.4 Å². The van der Waals surface area contributed by atoms with Gasteiger partial charge < -0.3 is 9.80 Å². The molecule has 0 aliphatic rings. The van der Waals surface area contributed by atoms with E-state index in [1.807, 2.05) is 56.0 Å². The van der Waals surface area contributed by atoms with Crippen molar-refractivity contribution in [1.82, 2.24) is 5.10 Å². The van der Waals surface area contributed by atoms with Crippen LogP contribution >= 0.6 is 11.8 Å². The smallest absolute Gasteiger partial charge is 0.274 e. The van der Waals surface area contributed by atoms with Crippen LogP contribution in [0.4, 0.5) is 11.5 Å². The fourth-order valence-electron chi connectivity index (χ4n) is 1.99. The molecule has 10 heteroatoms. The summed E-state index contributed by atoms with van der Waals surface area (Å²) in [6, 6.07) is 12.4. The summed E-state index contributed by atoms with van der Waals surface area (Å²) >= 11 is 1.70. The summed E-state index contributed by atoms with van der Waals surface area (Å²) in [6.07, 6.45) is 2.07. The van der Waals surface area contributed by atoms with Crippen molar-refractivity contribution in [3.05, 3.63) is 36.4 Å². The third-order valence-corrected chi connectivity index (χ3v) is 3.72. The number of benzene rings is 1. The Morgan fingerprint density at radius 1 is 0.960 bits per heavy atom. The first kappa shape index (κ1) is 21.4. The zero-order valence-electron chi connectivity index (χ0n) is 14.7. The van der Waals surface area contributed by atoms with Gasteiger partial charge >= 0.3 is 0 Å². The van der Waals surface area contributed by atoms with E-state index in [9.17, 15) is 0 Å². The Balaban J connectivity index is 0.000000550. The number of hydrogen-bond donors (Lipinski definition) is 0. The topological polar surface area (TPSA) is 115 Å². The molecule has 0 amide bonds. The molecule has 1 aromatic carbocycles. The Hall–Kier alpha value is -1.62. The van der Waals surface area contributed by atoms with Gasteiger partial charge in [0, 0.05) is 51.5 Å². The molecular weight excluding hydrogens is 368 g/mol. The highest BCUT2D eigenvalue weighted by atomic mass is 35.7. The third-order valence-electron chi connectivity index (χ3n) is 3.01. The maximum atomic E-state index is 8.49. The number of halogens is 1. The van der Waals surface area contributed by atoms with Gasteiger partial charge in [-0.3, -0.25) is 0 Å². The van der Waals surface area contributed by atoms with Gasteiger partial charge in [0.25, 0.3) is 5.03 Å². The lowest BCUT2D eigenvalue weighted by Gasteiger charge is -2.19. The molecule has 0 aliphatic heterocycles. The van der Waals surface area contributed by atoms with E-state index in [0.717, 1.165) is 22.2 Å². The molecule has 8 nitrogen and oxygen atoms in total. The van der Waals surface area contributed by atoms with Crippen molar-refractivity contribution >= 4 is 23.3 Å². The molecular formula is C15H21ClN4O4S. The SMILES string of the molecule is CSc1cc(N(C)C)c(N(C)C)n[n+]1-c1ccccc1.[O-][Cl+3]([O-])([O-])[O-]. The standard InChI is InChI=1S/C15H21N4S.ClHO4/c1-17(2)13-11-14(20-5)19(16-15(13)18(3)4)12-9-7-6-8-10-12;2-1(3,4)5/h6-11H,1-5H3;(H,2,3,4,5)/q+1;/p-1. The average Bonchev–Trinajstić information content (AvgIpc) is 2.52. The fraction of sp³-hybridized carbons (Fsp3) is 0.333. The largest absolute Gasteiger partial charge is 0.374 e. The predicted molar refractivity (Wildman–Crippen MR) is 86.2 cm³/mol. The first-order chi connectivity index (χ1) is 11.5. The molecule has 1 heterocycles. The second-order valence-corrected chi connectivity index (χ2v) is 6.89. The van der Waals surface area contributed by atoms with Crippen LogP contribution in [-0.4, -0.2) is 39.5 Å². The number of para-hydroxylation sites is 1. The highest BCUT2D eigenvalue weighted by Crippen LogP contribution is 2.26. The van der Waals surface area contributed by atoms with Gasteiger partial charge in [0.15, 0.2) is 0 Å². The summed E-state index contributed by atoms with van der Waals surface area (Å²) in [5, 5.41) is 5.93. The lowest BCUT2D eigenvalue weighted by atomic mass is 10.3. The maximum Gasteiger partial charge on any atom is 0.274 e. The van der Waals surface area contributed by atoms with Gasteiger partial charge in [-0.2, -0.15) is 0 Å². The van der Waals surface area contributed by atoms with E-state index in [0.29, 0.717) is 0 Å². The van der Waals surface area contributed by atoms with Gasteiger partial charge in [-0.25, -0.2) is 18.6 Å². The number of anilines is 2. The molecule has 0 radical (unpaired) electrons. The second-order valence-electron chi connectivity index (χ2n) is 5.31. The van der Waals surface area contributed by atoms with E-state index in [4.69, 9.17) is 23.7 Å². The van der Waals surface area contributed by atoms with Crippen LogP contribution in [0.15, 0.2) is 41.4 Å².